The molecular formula is C27H28F4N2O6. The smallest absolute Gasteiger partial charge is 0.308 e. The zero-order valence-electron chi connectivity index (χ0n) is 21.7. The second kappa shape index (κ2) is 11.9. The lowest BCUT2D eigenvalue weighted by Crippen LogP contribution is -2.53. The number of hydrogen-bond donors (Lipinski definition) is 2. The molecule has 0 spiro atoms. The Morgan fingerprint density at radius 3 is 2.23 bits per heavy atom. The molecule has 39 heavy (non-hydrogen) atoms. The average Bonchev–Trinajstić information content (AvgIpc) is 3.32. The molecule has 1 unspecified atom stereocenters. The molecule has 1 aliphatic rings. The largest absolute Gasteiger partial charge is 0.479 e. The molecule has 0 aromatic heterocycles. The summed E-state index contributed by atoms with van der Waals surface area (Å²) in [4.78, 5) is 44.4. The number of amides is 1. The quantitative estimate of drug-likeness (QED) is 0.260. The summed E-state index contributed by atoms with van der Waals surface area (Å²) < 4.78 is 65.0. The lowest BCUT2D eigenvalue weighted by Gasteiger charge is -2.27. The van der Waals surface area contributed by atoms with Crippen molar-refractivity contribution in [3.8, 4) is 5.75 Å². The second-order valence-corrected chi connectivity index (χ2v) is 9.74. The van der Waals surface area contributed by atoms with Crippen LogP contribution in [-0.4, -0.2) is 41.5 Å². The molecular weight excluding hydrogens is 524 g/mol. The maximum Gasteiger partial charge on any atom is 0.308 e. The molecule has 3 rings (SSSR count). The lowest BCUT2D eigenvalue weighted by atomic mass is 9.96. The summed E-state index contributed by atoms with van der Waals surface area (Å²) in [6.45, 7) is 5.30. The molecule has 2 atom stereocenters. The molecule has 1 aliphatic heterocycles. The van der Waals surface area contributed by atoms with Crippen molar-refractivity contribution in [2.75, 3.05) is 6.61 Å². The number of carbonyl (C=O) groups is 3. The van der Waals surface area contributed by atoms with Gasteiger partial charge in [0.1, 0.15) is 18.2 Å². The Hall–Kier alpha value is -3.93. The molecule has 210 valence electrons. The number of esters is 1. The topological polar surface area (TPSA) is 103 Å². The molecule has 0 saturated heterocycles. The highest BCUT2D eigenvalue weighted by Crippen LogP contribution is 2.30. The minimum Gasteiger partial charge on any atom is -0.479 e. The van der Waals surface area contributed by atoms with Gasteiger partial charge < -0.3 is 14.8 Å². The van der Waals surface area contributed by atoms with Crippen molar-refractivity contribution in [2.45, 2.75) is 57.8 Å². The second-order valence-electron chi connectivity index (χ2n) is 9.74. The van der Waals surface area contributed by atoms with Gasteiger partial charge in [-0.3, -0.25) is 24.7 Å². The fourth-order valence-electron chi connectivity index (χ4n) is 3.64. The summed E-state index contributed by atoms with van der Waals surface area (Å²) in [6, 6.07) is 7.34. The number of Topliss-reactive ketones (excluding diaryl/α,β-unsaturated/α-hetero) is 1. The number of halogens is 4. The number of nitrogens with one attached hydrogen (secondary N) is 2. The zero-order valence-corrected chi connectivity index (χ0v) is 21.7. The maximum atomic E-state index is 14.0. The summed E-state index contributed by atoms with van der Waals surface area (Å²) >= 11 is 0. The third kappa shape index (κ3) is 7.14. The molecule has 8 nitrogen and oxygen atoms in total. The fraction of sp³-hybridized carbons (Fsp3) is 0.370. The Morgan fingerprint density at radius 2 is 1.67 bits per heavy atom. The van der Waals surface area contributed by atoms with Crippen LogP contribution in [0, 0.1) is 23.3 Å². The van der Waals surface area contributed by atoms with E-state index in [2.05, 4.69) is 10.8 Å². The number of ether oxygens (including phenoxy) is 2. The van der Waals surface area contributed by atoms with E-state index in [0.717, 1.165) is 5.56 Å². The van der Waals surface area contributed by atoms with E-state index in [4.69, 9.17) is 14.3 Å². The van der Waals surface area contributed by atoms with Gasteiger partial charge in [0.2, 0.25) is 11.6 Å². The van der Waals surface area contributed by atoms with Crippen molar-refractivity contribution in [3.05, 3.63) is 71.3 Å². The van der Waals surface area contributed by atoms with E-state index < -0.39 is 76.9 Å². The Kier molecular flexibility index (Phi) is 9.00. The van der Waals surface area contributed by atoms with Gasteiger partial charge in [0.25, 0.3) is 5.91 Å². The van der Waals surface area contributed by atoms with Crippen molar-refractivity contribution in [1.29, 1.82) is 0 Å². The predicted octanol–water partition coefficient (Wildman–Crippen LogP) is 4.13. The van der Waals surface area contributed by atoms with Crippen molar-refractivity contribution in [2.24, 2.45) is 0 Å². The number of hydrogen-bond acceptors (Lipinski definition) is 7. The maximum absolute atomic E-state index is 14.0. The fourth-order valence-corrected chi connectivity index (χ4v) is 3.64. The molecule has 0 bridgehead atoms. The lowest BCUT2D eigenvalue weighted by molar-refractivity contribution is -0.157. The molecule has 2 N–H and O–H groups in total. The molecule has 0 radical (unpaired) electrons. The molecule has 12 heteroatoms. The normalized spacial score (nSPS) is 17.6. The van der Waals surface area contributed by atoms with E-state index in [0.29, 0.717) is 5.70 Å². The molecule has 2 aromatic rings. The van der Waals surface area contributed by atoms with E-state index >= 15 is 0 Å². The number of benzene rings is 2. The van der Waals surface area contributed by atoms with Crippen LogP contribution in [0.5, 0.6) is 5.75 Å². The number of ketones is 1. The van der Waals surface area contributed by atoms with Gasteiger partial charge in [0, 0.05) is 6.07 Å². The summed E-state index contributed by atoms with van der Waals surface area (Å²) in [5, 5.41) is 2.41. The van der Waals surface area contributed by atoms with Gasteiger partial charge in [0.15, 0.2) is 28.8 Å². The van der Waals surface area contributed by atoms with Gasteiger partial charge in [-0.1, -0.05) is 37.3 Å². The van der Waals surface area contributed by atoms with Crippen LogP contribution in [0.4, 0.5) is 17.6 Å². The van der Waals surface area contributed by atoms with Crippen LogP contribution >= 0.6 is 0 Å². The monoisotopic (exact) mass is 552 g/mol. The van der Waals surface area contributed by atoms with Crippen LogP contribution in [0.1, 0.15) is 46.1 Å². The number of rotatable bonds is 10. The molecule has 0 saturated carbocycles. The minimum atomic E-state index is -1.84. The van der Waals surface area contributed by atoms with Crippen LogP contribution in [0.3, 0.4) is 0 Å². The highest BCUT2D eigenvalue weighted by molar-refractivity contribution is 5.97. The van der Waals surface area contributed by atoms with Crippen molar-refractivity contribution in [3.63, 3.8) is 0 Å². The van der Waals surface area contributed by atoms with Gasteiger partial charge in [0.05, 0.1) is 12.1 Å². The Bertz CT molecular complexity index is 1250. The summed E-state index contributed by atoms with van der Waals surface area (Å²) in [5.41, 5.74) is 1.39. The standard InChI is InChI=1S/C27H28F4N2O6/c1-5-27(13-19(33-39-27)15-9-7-6-8-10-15)25(36)32-18(12-21(35)38-26(2,3)4)20(34)14-37-24-22(30)16(28)11-17(29)23(24)31/h6-11,13,18,33H,5,12,14H2,1-4H3,(H,32,36)/t18-,27?/m0/s1. The third-order valence-electron chi connectivity index (χ3n) is 5.63. The Morgan fingerprint density at radius 1 is 1.05 bits per heavy atom. The van der Waals surface area contributed by atoms with E-state index in [1.165, 1.54) is 6.08 Å². The predicted molar refractivity (Wildman–Crippen MR) is 131 cm³/mol. The highest BCUT2D eigenvalue weighted by atomic mass is 19.2. The highest BCUT2D eigenvalue weighted by Gasteiger charge is 2.43. The van der Waals surface area contributed by atoms with Gasteiger partial charge in [-0.25, -0.2) is 8.78 Å². The Balaban J connectivity index is 1.83. The van der Waals surface area contributed by atoms with Gasteiger partial charge in [-0.15, -0.1) is 0 Å². The van der Waals surface area contributed by atoms with E-state index in [-0.39, 0.29) is 12.5 Å². The van der Waals surface area contributed by atoms with Crippen molar-refractivity contribution >= 4 is 23.4 Å². The molecule has 1 amide bonds. The summed E-state index contributed by atoms with van der Waals surface area (Å²) in [5.74, 6) is -11.3. The van der Waals surface area contributed by atoms with E-state index in [1.54, 1.807) is 52.0 Å². The SMILES string of the molecule is CCC1(C(=O)N[C@@H](CC(=O)OC(C)(C)C)C(=O)COc2c(F)c(F)cc(F)c2F)C=C(c2ccccc2)NO1. The van der Waals surface area contributed by atoms with Crippen molar-refractivity contribution < 1.29 is 46.3 Å². The molecule has 1 heterocycles. The summed E-state index contributed by atoms with van der Waals surface area (Å²) in [7, 11) is 0. The van der Waals surface area contributed by atoms with Crippen LogP contribution < -0.4 is 15.5 Å². The first-order valence-corrected chi connectivity index (χ1v) is 12.0. The van der Waals surface area contributed by atoms with E-state index in [9.17, 15) is 31.9 Å². The molecule has 2 aromatic carbocycles. The Labute approximate surface area is 222 Å². The molecule has 0 fully saturated rings. The third-order valence-corrected chi connectivity index (χ3v) is 5.63. The van der Waals surface area contributed by atoms with Crippen molar-refractivity contribution in [1.82, 2.24) is 10.8 Å². The van der Waals surface area contributed by atoms with Crippen LogP contribution in [-0.2, 0) is 24.0 Å². The van der Waals surface area contributed by atoms with Gasteiger partial charge in [-0.2, -0.15) is 8.78 Å². The van der Waals surface area contributed by atoms with Crippen LogP contribution in [0.25, 0.3) is 5.70 Å². The number of carbonyl (C=O) groups excluding carboxylic acids is 3. The first-order valence-electron chi connectivity index (χ1n) is 12.0. The van der Waals surface area contributed by atoms with Crippen LogP contribution in [0.15, 0.2) is 42.5 Å². The van der Waals surface area contributed by atoms with E-state index in [1.807, 2.05) is 6.07 Å². The average molecular weight is 553 g/mol. The minimum absolute atomic E-state index is 0.0120. The zero-order chi connectivity index (χ0) is 29.0. The van der Waals surface area contributed by atoms with Gasteiger partial charge in [-0.05, 0) is 38.8 Å². The van der Waals surface area contributed by atoms with Gasteiger partial charge >= 0.3 is 5.97 Å². The molecule has 0 aliphatic carbocycles. The van der Waals surface area contributed by atoms with Crippen LogP contribution in [0.2, 0.25) is 0 Å². The number of hydroxylamine groups is 1. The summed E-state index contributed by atoms with van der Waals surface area (Å²) in [6.07, 6.45) is 0.963. The first-order chi connectivity index (χ1) is 18.3. The first kappa shape index (κ1) is 29.6.